The molecule has 0 aromatic heterocycles. The molecule has 1 amide bonds. The lowest BCUT2D eigenvalue weighted by atomic mass is 10.2. The van der Waals surface area contributed by atoms with Crippen molar-refractivity contribution in [1.29, 1.82) is 0 Å². The molecular formula is C11H13NO5. The Bertz CT molecular complexity index is 446. The van der Waals surface area contributed by atoms with E-state index in [0.717, 1.165) is 0 Å². The Labute approximate surface area is 98.2 Å². The molecule has 0 fully saturated rings. The van der Waals surface area contributed by atoms with Crippen LogP contribution in [0.3, 0.4) is 0 Å². The van der Waals surface area contributed by atoms with Gasteiger partial charge in [-0.2, -0.15) is 0 Å². The van der Waals surface area contributed by atoms with E-state index in [2.05, 4.69) is 0 Å². The van der Waals surface area contributed by atoms with Crippen molar-refractivity contribution in [1.82, 2.24) is 0 Å². The zero-order valence-corrected chi connectivity index (χ0v) is 9.56. The molecule has 1 heterocycles. The smallest absolute Gasteiger partial charge is 0.262 e. The maximum Gasteiger partial charge on any atom is 0.262 e. The maximum atomic E-state index is 11.0. The predicted molar refractivity (Wildman–Crippen MR) is 58.7 cm³/mol. The minimum Gasteiger partial charge on any atom is -0.493 e. The number of amides is 1. The molecule has 0 spiro atoms. The van der Waals surface area contributed by atoms with Crippen molar-refractivity contribution in [2.24, 2.45) is 5.73 Å². The normalized spacial score (nSPS) is 17.4. The van der Waals surface area contributed by atoms with Crippen LogP contribution in [0.25, 0.3) is 0 Å². The average molecular weight is 239 g/mol. The second kappa shape index (κ2) is 4.40. The van der Waals surface area contributed by atoms with Gasteiger partial charge in [-0.15, -0.1) is 0 Å². The van der Waals surface area contributed by atoms with Crippen molar-refractivity contribution in [2.45, 2.75) is 6.10 Å². The van der Waals surface area contributed by atoms with Crippen LogP contribution in [0.15, 0.2) is 12.1 Å². The van der Waals surface area contributed by atoms with Gasteiger partial charge in [0.1, 0.15) is 6.61 Å². The van der Waals surface area contributed by atoms with Crippen LogP contribution in [0.1, 0.15) is 0 Å². The highest BCUT2D eigenvalue weighted by Crippen LogP contribution is 2.41. The van der Waals surface area contributed by atoms with Crippen LogP contribution >= 0.6 is 0 Å². The summed E-state index contributed by atoms with van der Waals surface area (Å²) in [5, 5.41) is 0. The third-order valence-electron chi connectivity index (χ3n) is 2.43. The topological polar surface area (TPSA) is 80.0 Å². The highest BCUT2D eigenvalue weighted by Gasteiger charge is 2.27. The van der Waals surface area contributed by atoms with Crippen LogP contribution in [-0.4, -0.2) is 32.8 Å². The lowest BCUT2D eigenvalue weighted by molar-refractivity contribution is -0.127. The Hall–Kier alpha value is -2.11. The van der Waals surface area contributed by atoms with Gasteiger partial charge in [-0.25, -0.2) is 0 Å². The Morgan fingerprint density at radius 3 is 2.41 bits per heavy atom. The SMILES string of the molecule is COc1cc2c(cc1OC)OC(C(N)=O)CO2. The summed E-state index contributed by atoms with van der Waals surface area (Å²) in [6, 6.07) is 3.24. The second-order valence-electron chi connectivity index (χ2n) is 3.47. The molecule has 6 heteroatoms. The van der Waals surface area contributed by atoms with Crippen LogP contribution in [0.5, 0.6) is 23.0 Å². The lowest BCUT2D eigenvalue weighted by Crippen LogP contribution is -2.40. The number of methoxy groups -OCH3 is 2. The summed E-state index contributed by atoms with van der Waals surface area (Å²) in [5.74, 6) is 1.38. The molecule has 2 rings (SSSR count). The molecule has 6 nitrogen and oxygen atoms in total. The zero-order chi connectivity index (χ0) is 12.4. The van der Waals surface area contributed by atoms with E-state index in [1.54, 1.807) is 12.1 Å². The first-order valence-corrected chi connectivity index (χ1v) is 5.00. The number of hydrogen-bond acceptors (Lipinski definition) is 5. The van der Waals surface area contributed by atoms with Gasteiger partial charge in [-0.05, 0) is 0 Å². The van der Waals surface area contributed by atoms with E-state index in [1.807, 2.05) is 0 Å². The molecule has 1 aliphatic rings. The van der Waals surface area contributed by atoms with Crippen molar-refractivity contribution >= 4 is 5.91 Å². The summed E-state index contributed by atoms with van der Waals surface area (Å²) in [6.07, 6.45) is -0.777. The second-order valence-corrected chi connectivity index (χ2v) is 3.47. The van der Waals surface area contributed by atoms with Crippen LogP contribution in [-0.2, 0) is 4.79 Å². The van der Waals surface area contributed by atoms with Crippen molar-refractivity contribution in [2.75, 3.05) is 20.8 Å². The third-order valence-corrected chi connectivity index (χ3v) is 2.43. The van der Waals surface area contributed by atoms with Gasteiger partial charge in [0.15, 0.2) is 23.0 Å². The number of nitrogens with two attached hydrogens (primary N) is 1. The average Bonchev–Trinajstić information content (AvgIpc) is 2.36. The number of rotatable bonds is 3. The van der Waals surface area contributed by atoms with E-state index in [9.17, 15) is 4.79 Å². The molecule has 1 aliphatic heterocycles. The van der Waals surface area contributed by atoms with Crippen molar-refractivity contribution in [3.8, 4) is 23.0 Å². The molecule has 0 radical (unpaired) electrons. The summed E-state index contributed by atoms with van der Waals surface area (Å²) in [5.41, 5.74) is 5.15. The van der Waals surface area contributed by atoms with Gasteiger partial charge in [-0.3, -0.25) is 4.79 Å². The van der Waals surface area contributed by atoms with Gasteiger partial charge in [0.25, 0.3) is 5.91 Å². The fourth-order valence-electron chi connectivity index (χ4n) is 1.54. The predicted octanol–water partition coefficient (Wildman–Crippen LogP) is 0.329. The molecule has 0 saturated heterocycles. The number of primary amides is 1. The Kier molecular flexibility index (Phi) is 2.95. The fraction of sp³-hybridized carbons (Fsp3) is 0.364. The number of ether oxygens (including phenoxy) is 4. The number of hydrogen-bond donors (Lipinski definition) is 1. The molecule has 0 saturated carbocycles. The van der Waals surface area contributed by atoms with Crippen LogP contribution in [0.4, 0.5) is 0 Å². The van der Waals surface area contributed by atoms with Gasteiger partial charge in [0.2, 0.25) is 6.10 Å². The maximum absolute atomic E-state index is 11.0. The Morgan fingerprint density at radius 2 is 1.88 bits per heavy atom. The van der Waals surface area contributed by atoms with E-state index in [-0.39, 0.29) is 6.61 Å². The first-order chi connectivity index (χ1) is 8.15. The van der Waals surface area contributed by atoms with Gasteiger partial charge < -0.3 is 24.7 Å². The standard InChI is InChI=1S/C11H13NO5/c1-14-6-3-8-9(4-7(6)15-2)17-10(5-16-8)11(12)13/h3-4,10H,5H2,1-2H3,(H2,12,13). The Morgan fingerprint density at radius 1 is 1.29 bits per heavy atom. The molecule has 0 aliphatic carbocycles. The van der Waals surface area contributed by atoms with Crippen molar-refractivity contribution in [3.05, 3.63) is 12.1 Å². The monoisotopic (exact) mass is 239 g/mol. The summed E-state index contributed by atoms with van der Waals surface area (Å²) >= 11 is 0. The Balaban J connectivity index is 2.35. The number of carbonyl (C=O) groups excluding carboxylic acids is 1. The summed E-state index contributed by atoms with van der Waals surface area (Å²) in [4.78, 5) is 11.0. The largest absolute Gasteiger partial charge is 0.493 e. The van der Waals surface area contributed by atoms with Crippen LogP contribution < -0.4 is 24.7 Å². The van der Waals surface area contributed by atoms with E-state index >= 15 is 0 Å². The molecule has 1 atom stereocenters. The minimum atomic E-state index is -0.777. The zero-order valence-electron chi connectivity index (χ0n) is 9.56. The van der Waals surface area contributed by atoms with Crippen molar-refractivity contribution in [3.63, 3.8) is 0 Å². The van der Waals surface area contributed by atoms with E-state index in [1.165, 1.54) is 14.2 Å². The van der Waals surface area contributed by atoms with Crippen molar-refractivity contribution < 1.29 is 23.7 Å². The third kappa shape index (κ3) is 2.06. The minimum absolute atomic E-state index is 0.0951. The molecule has 92 valence electrons. The number of fused-ring (bicyclic) bond motifs is 1. The molecule has 2 N–H and O–H groups in total. The van der Waals surface area contributed by atoms with Gasteiger partial charge in [-0.1, -0.05) is 0 Å². The number of carbonyl (C=O) groups is 1. The molecule has 1 aromatic carbocycles. The summed E-state index contributed by atoms with van der Waals surface area (Å²) < 4.78 is 21.0. The highest BCUT2D eigenvalue weighted by molar-refractivity contribution is 5.80. The molecule has 17 heavy (non-hydrogen) atoms. The van der Waals surface area contributed by atoms with Crippen LogP contribution in [0.2, 0.25) is 0 Å². The molecule has 1 unspecified atom stereocenters. The summed E-state index contributed by atoms with van der Waals surface area (Å²) in [7, 11) is 3.04. The molecule has 0 bridgehead atoms. The van der Waals surface area contributed by atoms with E-state index in [0.29, 0.717) is 23.0 Å². The summed E-state index contributed by atoms with van der Waals surface area (Å²) in [6.45, 7) is 0.0951. The van der Waals surface area contributed by atoms with Gasteiger partial charge in [0.05, 0.1) is 14.2 Å². The van der Waals surface area contributed by atoms with Crippen LogP contribution in [0, 0.1) is 0 Å². The lowest BCUT2D eigenvalue weighted by Gasteiger charge is -2.25. The fourth-order valence-corrected chi connectivity index (χ4v) is 1.54. The quantitative estimate of drug-likeness (QED) is 0.822. The molecular weight excluding hydrogens is 226 g/mol. The number of benzene rings is 1. The van der Waals surface area contributed by atoms with E-state index in [4.69, 9.17) is 24.7 Å². The first kappa shape index (κ1) is 11.4. The van der Waals surface area contributed by atoms with Gasteiger partial charge in [0, 0.05) is 12.1 Å². The van der Waals surface area contributed by atoms with E-state index < -0.39 is 12.0 Å². The van der Waals surface area contributed by atoms with Gasteiger partial charge >= 0.3 is 0 Å². The molecule has 1 aromatic rings. The first-order valence-electron chi connectivity index (χ1n) is 5.00. The highest BCUT2D eigenvalue weighted by atomic mass is 16.6.